The van der Waals surface area contributed by atoms with Gasteiger partial charge in [0.1, 0.15) is 0 Å². The minimum absolute atomic E-state index is 0.119. The van der Waals surface area contributed by atoms with E-state index >= 15 is 0 Å². The van der Waals surface area contributed by atoms with Crippen molar-refractivity contribution in [3.05, 3.63) is 35.9 Å². The van der Waals surface area contributed by atoms with Crippen molar-refractivity contribution in [1.82, 2.24) is 5.32 Å². The lowest BCUT2D eigenvalue weighted by Gasteiger charge is -2.24. The SMILES string of the molecule is CC1CCC(C2CC(=O)NC2c2ccccc2)O1. The fourth-order valence-corrected chi connectivity index (χ4v) is 3.16. The molecule has 1 aromatic carbocycles. The van der Waals surface area contributed by atoms with E-state index in [2.05, 4.69) is 24.4 Å². The summed E-state index contributed by atoms with van der Waals surface area (Å²) < 4.78 is 5.95. The molecule has 2 aliphatic heterocycles. The van der Waals surface area contributed by atoms with Crippen LogP contribution in [0, 0.1) is 5.92 Å². The molecule has 2 fully saturated rings. The summed E-state index contributed by atoms with van der Waals surface area (Å²) in [4.78, 5) is 11.7. The van der Waals surface area contributed by atoms with E-state index in [9.17, 15) is 4.79 Å². The van der Waals surface area contributed by atoms with Gasteiger partial charge in [-0.2, -0.15) is 0 Å². The zero-order valence-electron chi connectivity index (χ0n) is 10.6. The molecule has 1 amide bonds. The van der Waals surface area contributed by atoms with Crippen molar-refractivity contribution < 1.29 is 9.53 Å². The number of rotatable bonds is 2. The third-order valence-electron chi connectivity index (χ3n) is 4.07. The average molecular weight is 245 g/mol. The summed E-state index contributed by atoms with van der Waals surface area (Å²) in [7, 11) is 0. The van der Waals surface area contributed by atoms with Crippen molar-refractivity contribution in [2.24, 2.45) is 5.92 Å². The molecule has 0 radical (unpaired) electrons. The van der Waals surface area contributed by atoms with Gasteiger partial charge in [-0.25, -0.2) is 0 Å². The summed E-state index contributed by atoms with van der Waals surface area (Å²) >= 11 is 0. The van der Waals surface area contributed by atoms with E-state index in [1.165, 1.54) is 5.56 Å². The van der Waals surface area contributed by atoms with Crippen molar-refractivity contribution >= 4 is 5.91 Å². The largest absolute Gasteiger partial charge is 0.375 e. The Balaban J connectivity index is 1.82. The second-order valence-corrected chi connectivity index (χ2v) is 5.39. The molecule has 2 aliphatic rings. The number of carbonyl (C=O) groups is 1. The van der Waals surface area contributed by atoms with Crippen LogP contribution in [0.3, 0.4) is 0 Å². The van der Waals surface area contributed by atoms with Crippen molar-refractivity contribution in [3.63, 3.8) is 0 Å². The van der Waals surface area contributed by atoms with Crippen LogP contribution in [0.1, 0.15) is 37.8 Å². The van der Waals surface area contributed by atoms with Gasteiger partial charge in [-0.1, -0.05) is 30.3 Å². The molecule has 3 nitrogen and oxygen atoms in total. The summed E-state index contributed by atoms with van der Waals surface area (Å²) in [5.74, 6) is 0.432. The van der Waals surface area contributed by atoms with Crippen molar-refractivity contribution in [3.8, 4) is 0 Å². The second-order valence-electron chi connectivity index (χ2n) is 5.39. The number of ether oxygens (including phenoxy) is 1. The Morgan fingerprint density at radius 3 is 2.67 bits per heavy atom. The number of hydrogen-bond acceptors (Lipinski definition) is 2. The Hall–Kier alpha value is -1.35. The molecule has 4 unspecified atom stereocenters. The van der Waals surface area contributed by atoms with Crippen LogP contribution in [0.4, 0.5) is 0 Å². The summed E-state index contributed by atoms with van der Waals surface area (Å²) in [6.07, 6.45) is 3.34. The van der Waals surface area contributed by atoms with Crippen LogP contribution in [0.15, 0.2) is 30.3 Å². The zero-order chi connectivity index (χ0) is 12.5. The van der Waals surface area contributed by atoms with Crippen LogP contribution in [-0.4, -0.2) is 18.1 Å². The van der Waals surface area contributed by atoms with E-state index in [0.717, 1.165) is 12.8 Å². The van der Waals surface area contributed by atoms with Crippen LogP contribution < -0.4 is 5.32 Å². The van der Waals surface area contributed by atoms with E-state index in [4.69, 9.17) is 4.74 Å². The molecule has 1 N–H and O–H groups in total. The van der Waals surface area contributed by atoms with E-state index < -0.39 is 0 Å². The van der Waals surface area contributed by atoms with E-state index in [1.54, 1.807) is 0 Å². The van der Waals surface area contributed by atoms with Crippen molar-refractivity contribution in [2.75, 3.05) is 0 Å². The quantitative estimate of drug-likeness (QED) is 0.869. The van der Waals surface area contributed by atoms with Gasteiger partial charge in [0.05, 0.1) is 18.2 Å². The first-order valence-electron chi connectivity index (χ1n) is 6.74. The van der Waals surface area contributed by atoms with E-state index in [0.29, 0.717) is 12.5 Å². The first kappa shape index (κ1) is 11.7. The van der Waals surface area contributed by atoms with Gasteiger partial charge in [0, 0.05) is 12.3 Å². The zero-order valence-corrected chi connectivity index (χ0v) is 10.6. The molecule has 1 aromatic rings. The van der Waals surface area contributed by atoms with Crippen LogP contribution >= 0.6 is 0 Å². The van der Waals surface area contributed by atoms with Gasteiger partial charge in [0.2, 0.25) is 5.91 Å². The van der Waals surface area contributed by atoms with Gasteiger partial charge < -0.3 is 10.1 Å². The Bertz CT molecular complexity index is 431. The van der Waals surface area contributed by atoms with Crippen LogP contribution in [-0.2, 0) is 9.53 Å². The molecular weight excluding hydrogens is 226 g/mol. The summed E-state index contributed by atoms with van der Waals surface area (Å²) in [5.41, 5.74) is 1.19. The summed E-state index contributed by atoms with van der Waals surface area (Å²) in [6.45, 7) is 2.11. The van der Waals surface area contributed by atoms with Crippen molar-refractivity contribution in [1.29, 1.82) is 0 Å². The Labute approximate surface area is 108 Å². The lowest BCUT2D eigenvalue weighted by Crippen LogP contribution is -2.27. The first-order chi connectivity index (χ1) is 8.74. The Kier molecular flexibility index (Phi) is 3.08. The smallest absolute Gasteiger partial charge is 0.220 e. The maximum Gasteiger partial charge on any atom is 0.220 e. The van der Waals surface area contributed by atoms with Gasteiger partial charge in [-0.3, -0.25) is 4.79 Å². The Morgan fingerprint density at radius 1 is 1.22 bits per heavy atom. The molecular formula is C15H19NO2. The van der Waals surface area contributed by atoms with Crippen LogP contribution in [0.2, 0.25) is 0 Å². The number of nitrogens with one attached hydrogen (secondary N) is 1. The van der Waals surface area contributed by atoms with Gasteiger partial charge >= 0.3 is 0 Å². The van der Waals surface area contributed by atoms with E-state index in [-0.39, 0.29) is 24.0 Å². The number of benzene rings is 1. The molecule has 2 heterocycles. The molecule has 96 valence electrons. The highest BCUT2D eigenvalue weighted by atomic mass is 16.5. The fourth-order valence-electron chi connectivity index (χ4n) is 3.16. The highest BCUT2D eigenvalue weighted by Gasteiger charge is 2.41. The summed E-state index contributed by atoms with van der Waals surface area (Å²) in [6, 6.07) is 10.3. The molecule has 3 heteroatoms. The maximum atomic E-state index is 11.7. The fraction of sp³-hybridized carbons (Fsp3) is 0.533. The monoisotopic (exact) mass is 245 g/mol. The third-order valence-corrected chi connectivity index (χ3v) is 4.07. The highest BCUT2D eigenvalue weighted by molar-refractivity contribution is 5.79. The van der Waals surface area contributed by atoms with Gasteiger partial charge in [-0.05, 0) is 25.3 Å². The minimum Gasteiger partial charge on any atom is -0.375 e. The Morgan fingerprint density at radius 2 is 2.00 bits per heavy atom. The number of hydrogen-bond donors (Lipinski definition) is 1. The first-order valence-corrected chi connectivity index (χ1v) is 6.74. The standard InChI is InChI=1S/C15H19NO2/c1-10-7-8-13(18-10)12-9-14(17)16-15(12)11-5-3-2-4-6-11/h2-6,10,12-13,15H,7-9H2,1H3,(H,16,17). The minimum atomic E-state index is 0.119. The van der Waals surface area contributed by atoms with Crippen LogP contribution in [0.5, 0.6) is 0 Å². The summed E-state index contributed by atoms with van der Waals surface area (Å²) in [5, 5.41) is 3.09. The van der Waals surface area contributed by atoms with Crippen LogP contribution in [0.25, 0.3) is 0 Å². The molecule has 18 heavy (non-hydrogen) atoms. The third kappa shape index (κ3) is 2.15. The lowest BCUT2D eigenvalue weighted by atomic mass is 9.88. The molecule has 0 spiro atoms. The van der Waals surface area contributed by atoms with E-state index in [1.807, 2.05) is 18.2 Å². The number of amides is 1. The van der Waals surface area contributed by atoms with Gasteiger partial charge in [0.25, 0.3) is 0 Å². The maximum absolute atomic E-state index is 11.7. The molecule has 0 bridgehead atoms. The highest BCUT2D eigenvalue weighted by Crippen LogP contribution is 2.38. The predicted octanol–water partition coefficient (Wildman–Crippen LogP) is 2.43. The molecule has 0 aromatic heterocycles. The molecule has 3 rings (SSSR count). The van der Waals surface area contributed by atoms with Crippen molar-refractivity contribution in [2.45, 2.75) is 44.4 Å². The predicted molar refractivity (Wildman–Crippen MR) is 69.0 cm³/mol. The van der Waals surface area contributed by atoms with Gasteiger partial charge in [-0.15, -0.1) is 0 Å². The molecule has 4 atom stereocenters. The van der Waals surface area contributed by atoms with Gasteiger partial charge in [0.15, 0.2) is 0 Å². The normalized spacial score (nSPS) is 35.7. The molecule has 0 saturated carbocycles. The number of carbonyl (C=O) groups excluding carboxylic acids is 1. The molecule has 0 aliphatic carbocycles. The lowest BCUT2D eigenvalue weighted by molar-refractivity contribution is -0.119. The average Bonchev–Trinajstić information content (AvgIpc) is 2.96. The topological polar surface area (TPSA) is 38.3 Å². The molecule has 2 saturated heterocycles. The second kappa shape index (κ2) is 4.73.